The van der Waals surface area contributed by atoms with E-state index in [2.05, 4.69) is 32.9 Å². The van der Waals surface area contributed by atoms with Crippen LogP contribution in [-0.2, 0) is 0 Å². The molecule has 0 atom stereocenters. The van der Waals surface area contributed by atoms with Gasteiger partial charge >= 0.3 is 0 Å². The second-order valence-electron chi connectivity index (χ2n) is 3.36. The van der Waals surface area contributed by atoms with Gasteiger partial charge in [-0.1, -0.05) is 0 Å². The molecular formula is C12H9IN2O2. The molecule has 1 aromatic heterocycles. The Hall–Kier alpha value is -1.63. The zero-order valence-corrected chi connectivity index (χ0v) is 10.9. The van der Waals surface area contributed by atoms with Crippen molar-refractivity contribution in [2.45, 2.75) is 0 Å². The van der Waals surface area contributed by atoms with Crippen LogP contribution in [0.15, 0.2) is 42.6 Å². The summed E-state index contributed by atoms with van der Waals surface area (Å²) in [7, 11) is 0. The van der Waals surface area contributed by atoms with E-state index in [1.54, 1.807) is 18.2 Å². The van der Waals surface area contributed by atoms with Crippen LogP contribution in [0.2, 0.25) is 0 Å². The van der Waals surface area contributed by atoms with Gasteiger partial charge in [0.25, 0.3) is 5.91 Å². The molecule has 5 heteroatoms. The fourth-order valence-electron chi connectivity index (χ4n) is 1.25. The lowest BCUT2D eigenvalue weighted by Gasteiger charge is -2.04. The fraction of sp³-hybridized carbons (Fsp3) is 0. The molecule has 4 nitrogen and oxygen atoms in total. The zero-order valence-electron chi connectivity index (χ0n) is 8.72. The van der Waals surface area contributed by atoms with Gasteiger partial charge in [-0.15, -0.1) is 0 Å². The first-order valence-corrected chi connectivity index (χ1v) is 5.95. The maximum absolute atomic E-state index is 11.8. The van der Waals surface area contributed by atoms with E-state index in [1.807, 2.05) is 12.1 Å². The maximum Gasteiger partial charge on any atom is 0.256 e. The van der Waals surface area contributed by atoms with Crippen molar-refractivity contribution < 1.29 is 9.90 Å². The average molecular weight is 340 g/mol. The smallest absolute Gasteiger partial charge is 0.256 e. The van der Waals surface area contributed by atoms with Gasteiger partial charge in [-0.05, 0) is 59.0 Å². The standard InChI is InChI=1S/C12H9IN2O2/c13-9-3-1-8(2-4-9)12(17)15-11-6-5-10(16)7-14-11/h1-7,16H,(H,14,15,17). The second kappa shape index (κ2) is 5.13. The summed E-state index contributed by atoms with van der Waals surface area (Å²) >= 11 is 2.18. The number of aromatic nitrogens is 1. The Morgan fingerprint density at radius 1 is 1.18 bits per heavy atom. The number of nitrogens with zero attached hydrogens (tertiary/aromatic N) is 1. The number of aromatic hydroxyl groups is 1. The number of hydrogen-bond donors (Lipinski definition) is 2. The first-order chi connectivity index (χ1) is 8.15. The number of benzene rings is 1. The highest BCUT2D eigenvalue weighted by Crippen LogP contribution is 2.12. The number of anilines is 1. The van der Waals surface area contributed by atoms with Crippen LogP contribution in [0.4, 0.5) is 5.82 Å². The zero-order chi connectivity index (χ0) is 12.3. The Balaban J connectivity index is 2.11. The molecule has 0 unspecified atom stereocenters. The van der Waals surface area contributed by atoms with E-state index in [0.29, 0.717) is 11.4 Å². The van der Waals surface area contributed by atoms with Crippen molar-refractivity contribution in [3.8, 4) is 5.75 Å². The van der Waals surface area contributed by atoms with Gasteiger partial charge in [-0.25, -0.2) is 4.98 Å². The lowest BCUT2D eigenvalue weighted by molar-refractivity contribution is 0.102. The summed E-state index contributed by atoms with van der Waals surface area (Å²) < 4.78 is 1.07. The van der Waals surface area contributed by atoms with E-state index < -0.39 is 0 Å². The number of pyridine rings is 1. The highest BCUT2D eigenvalue weighted by Gasteiger charge is 2.06. The molecular weight excluding hydrogens is 331 g/mol. The van der Waals surface area contributed by atoms with Crippen molar-refractivity contribution >= 4 is 34.3 Å². The number of rotatable bonds is 2. The quantitative estimate of drug-likeness (QED) is 0.827. The fourth-order valence-corrected chi connectivity index (χ4v) is 1.61. The lowest BCUT2D eigenvalue weighted by Crippen LogP contribution is -2.12. The predicted molar refractivity (Wildman–Crippen MR) is 73.0 cm³/mol. The third-order valence-electron chi connectivity index (χ3n) is 2.10. The molecule has 2 N–H and O–H groups in total. The van der Waals surface area contributed by atoms with Crippen LogP contribution in [0.3, 0.4) is 0 Å². The topological polar surface area (TPSA) is 62.2 Å². The number of carbonyl (C=O) groups is 1. The minimum Gasteiger partial charge on any atom is -0.506 e. The summed E-state index contributed by atoms with van der Waals surface area (Å²) in [5, 5.41) is 11.7. The van der Waals surface area contributed by atoms with E-state index in [1.165, 1.54) is 12.3 Å². The number of carbonyl (C=O) groups excluding carboxylic acids is 1. The summed E-state index contributed by atoms with van der Waals surface area (Å²) in [5.41, 5.74) is 0.570. The van der Waals surface area contributed by atoms with Crippen molar-refractivity contribution in [2.75, 3.05) is 5.32 Å². The lowest BCUT2D eigenvalue weighted by atomic mass is 10.2. The van der Waals surface area contributed by atoms with Gasteiger partial charge in [0.1, 0.15) is 11.6 Å². The number of nitrogens with one attached hydrogen (secondary N) is 1. The third-order valence-corrected chi connectivity index (χ3v) is 2.82. The molecule has 1 aromatic carbocycles. The highest BCUT2D eigenvalue weighted by atomic mass is 127. The van der Waals surface area contributed by atoms with Crippen LogP contribution in [-0.4, -0.2) is 16.0 Å². The molecule has 17 heavy (non-hydrogen) atoms. The Bertz CT molecular complexity index is 523. The van der Waals surface area contributed by atoms with Crippen molar-refractivity contribution in [3.05, 3.63) is 51.7 Å². The highest BCUT2D eigenvalue weighted by molar-refractivity contribution is 14.1. The largest absolute Gasteiger partial charge is 0.506 e. The van der Waals surface area contributed by atoms with Crippen LogP contribution >= 0.6 is 22.6 Å². The van der Waals surface area contributed by atoms with Crippen LogP contribution < -0.4 is 5.32 Å². The molecule has 2 rings (SSSR count). The average Bonchev–Trinajstić information content (AvgIpc) is 2.33. The molecule has 0 saturated carbocycles. The van der Waals surface area contributed by atoms with Crippen molar-refractivity contribution in [1.29, 1.82) is 0 Å². The first kappa shape index (κ1) is 11.8. The minimum absolute atomic E-state index is 0.0669. The molecule has 0 radical (unpaired) electrons. The summed E-state index contributed by atoms with van der Waals surface area (Å²) in [6.07, 6.45) is 1.28. The molecule has 86 valence electrons. The molecule has 0 bridgehead atoms. The SMILES string of the molecule is O=C(Nc1ccc(O)cn1)c1ccc(I)cc1. The normalized spacial score (nSPS) is 9.94. The molecule has 0 aliphatic carbocycles. The Kier molecular flexibility index (Phi) is 3.58. The molecule has 0 aliphatic heterocycles. The van der Waals surface area contributed by atoms with Gasteiger partial charge in [0.2, 0.25) is 0 Å². The summed E-state index contributed by atoms with van der Waals surface area (Å²) in [6.45, 7) is 0. The second-order valence-corrected chi connectivity index (χ2v) is 4.61. The van der Waals surface area contributed by atoms with E-state index >= 15 is 0 Å². The number of halogens is 1. The molecule has 0 spiro atoms. The van der Waals surface area contributed by atoms with Gasteiger partial charge in [0, 0.05) is 9.13 Å². The Morgan fingerprint density at radius 2 is 1.88 bits per heavy atom. The molecule has 1 amide bonds. The molecule has 0 saturated heterocycles. The van der Waals surface area contributed by atoms with Gasteiger partial charge in [-0.3, -0.25) is 4.79 Å². The summed E-state index contributed by atoms with van der Waals surface area (Å²) in [6, 6.07) is 10.2. The molecule has 1 heterocycles. The van der Waals surface area contributed by atoms with Crippen molar-refractivity contribution in [1.82, 2.24) is 4.98 Å². The van der Waals surface area contributed by atoms with Gasteiger partial charge in [0.15, 0.2) is 0 Å². The molecule has 2 aromatic rings. The minimum atomic E-state index is -0.223. The Morgan fingerprint density at radius 3 is 2.47 bits per heavy atom. The van der Waals surface area contributed by atoms with Gasteiger partial charge in [0.05, 0.1) is 6.20 Å². The number of amides is 1. The van der Waals surface area contributed by atoms with Gasteiger partial charge in [-0.2, -0.15) is 0 Å². The maximum atomic E-state index is 11.8. The predicted octanol–water partition coefficient (Wildman–Crippen LogP) is 2.64. The van der Waals surface area contributed by atoms with Crippen LogP contribution in [0.25, 0.3) is 0 Å². The van der Waals surface area contributed by atoms with E-state index in [4.69, 9.17) is 5.11 Å². The monoisotopic (exact) mass is 340 g/mol. The van der Waals surface area contributed by atoms with Crippen LogP contribution in [0.1, 0.15) is 10.4 Å². The third kappa shape index (κ3) is 3.16. The number of hydrogen-bond acceptors (Lipinski definition) is 3. The van der Waals surface area contributed by atoms with E-state index in [-0.39, 0.29) is 11.7 Å². The van der Waals surface area contributed by atoms with E-state index in [9.17, 15) is 4.79 Å². The molecule has 0 aliphatic rings. The van der Waals surface area contributed by atoms with Crippen molar-refractivity contribution in [3.63, 3.8) is 0 Å². The van der Waals surface area contributed by atoms with Crippen LogP contribution in [0, 0.1) is 3.57 Å². The Labute approximate surface area is 112 Å². The van der Waals surface area contributed by atoms with E-state index in [0.717, 1.165) is 3.57 Å². The van der Waals surface area contributed by atoms with Crippen molar-refractivity contribution in [2.24, 2.45) is 0 Å². The van der Waals surface area contributed by atoms with Gasteiger partial charge < -0.3 is 10.4 Å². The molecule has 0 fully saturated rings. The summed E-state index contributed by atoms with van der Waals surface area (Å²) in [5.74, 6) is 0.253. The first-order valence-electron chi connectivity index (χ1n) is 4.87. The van der Waals surface area contributed by atoms with Crippen LogP contribution in [0.5, 0.6) is 5.75 Å². The summed E-state index contributed by atoms with van der Waals surface area (Å²) in [4.78, 5) is 15.7.